The van der Waals surface area contributed by atoms with Crippen molar-refractivity contribution in [3.05, 3.63) is 159 Å². The standard InChI is InChI=1S/C42H26N8/c1-3-7-27(8-4-1)36-22-37(48-42(47-36)28-9-5-2-6-10-28)29-19-30(49-38-23-43-15-11-32(38)33-12-16-44-24-39(33)49)21-31(20-29)50-40-25-45-17-13-34(40)35-14-18-46-26-41(35)50/h1-26H. The summed E-state index contributed by atoms with van der Waals surface area (Å²) >= 11 is 0. The third-order valence-electron chi connectivity index (χ3n) is 9.29. The molecular weight excluding hydrogens is 617 g/mol. The third kappa shape index (κ3) is 4.47. The Morgan fingerprint density at radius 3 is 1.20 bits per heavy atom. The lowest BCUT2D eigenvalue weighted by Crippen LogP contribution is -2.02. The molecule has 0 spiro atoms. The van der Waals surface area contributed by atoms with Crippen molar-refractivity contribution in [3.8, 4) is 45.3 Å². The van der Waals surface area contributed by atoms with Gasteiger partial charge < -0.3 is 9.13 Å². The molecule has 7 heterocycles. The summed E-state index contributed by atoms with van der Waals surface area (Å²) < 4.78 is 4.47. The molecule has 0 aliphatic heterocycles. The van der Waals surface area contributed by atoms with E-state index >= 15 is 0 Å². The minimum absolute atomic E-state index is 0.657. The molecule has 0 radical (unpaired) electrons. The van der Waals surface area contributed by atoms with Crippen LogP contribution in [0, 0.1) is 0 Å². The Morgan fingerprint density at radius 2 is 0.760 bits per heavy atom. The van der Waals surface area contributed by atoms with Gasteiger partial charge in [0.25, 0.3) is 0 Å². The van der Waals surface area contributed by atoms with E-state index in [9.17, 15) is 0 Å². The van der Waals surface area contributed by atoms with Gasteiger partial charge in [-0.3, -0.25) is 19.9 Å². The van der Waals surface area contributed by atoms with Crippen LogP contribution in [-0.2, 0) is 0 Å². The van der Waals surface area contributed by atoms with Crippen molar-refractivity contribution >= 4 is 43.6 Å². The molecule has 10 rings (SSSR count). The molecule has 0 N–H and O–H groups in total. The summed E-state index contributed by atoms with van der Waals surface area (Å²) in [5, 5.41) is 4.42. The number of hydrogen-bond acceptors (Lipinski definition) is 6. The summed E-state index contributed by atoms with van der Waals surface area (Å²) in [6, 6.07) is 37.3. The topological polar surface area (TPSA) is 87.2 Å². The van der Waals surface area contributed by atoms with E-state index < -0.39 is 0 Å². The molecule has 234 valence electrons. The van der Waals surface area contributed by atoms with Crippen LogP contribution in [0.15, 0.2) is 159 Å². The van der Waals surface area contributed by atoms with Crippen molar-refractivity contribution in [2.75, 3.05) is 0 Å². The smallest absolute Gasteiger partial charge is 0.160 e. The average molecular weight is 643 g/mol. The van der Waals surface area contributed by atoms with Gasteiger partial charge in [-0.25, -0.2) is 9.97 Å². The van der Waals surface area contributed by atoms with E-state index in [1.54, 1.807) is 0 Å². The zero-order chi connectivity index (χ0) is 33.0. The van der Waals surface area contributed by atoms with E-state index in [0.717, 1.165) is 83.1 Å². The monoisotopic (exact) mass is 642 g/mol. The first-order chi connectivity index (χ1) is 24.8. The van der Waals surface area contributed by atoms with Crippen LogP contribution in [0.1, 0.15) is 0 Å². The second kappa shape index (κ2) is 11.3. The zero-order valence-electron chi connectivity index (χ0n) is 26.6. The molecule has 0 fully saturated rings. The predicted octanol–water partition coefficient (Wildman–Crippen LogP) is 9.25. The molecule has 0 aliphatic rings. The zero-order valence-corrected chi connectivity index (χ0v) is 26.6. The third-order valence-corrected chi connectivity index (χ3v) is 9.29. The highest BCUT2D eigenvalue weighted by Crippen LogP contribution is 2.37. The number of benzene rings is 3. The molecule has 7 aromatic heterocycles. The Hall–Kier alpha value is -7.06. The second-order valence-corrected chi connectivity index (χ2v) is 12.2. The van der Waals surface area contributed by atoms with Gasteiger partial charge >= 0.3 is 0 Å². The van der Waals surface area contributed by atoms with Gasteiger partial charge in [-0.1, -0.05) is 60.7 Å². The van der Waals surface area contributed by atoms with Gasteiger partial charge in [0.1, 0.15) is 0 Å². The van der Waals surface area contributed by atoms with Gasteiger partial charge in [0, 0.05) is 74.4 Å². The molecule has 0 saturated carbocycles. The summed E-state index contributed by atoms with van der Waals surface area (Å²) in [4.78, 5) is 28.4. The van der Waals surface area contributed by atoms with Gasteiger partial charge in [0.2, 0.25) is 0 Å². The summed E-state index contributed by atoms with van der Waals surface area (Å²) in [6.45, 7) is 0. The summed E-state index contributed by atoms with van der Waals surface area (Å²) in [5.74, 6) is 0.657. The SMILES string of the molecule is c1ccc(-c2cc(-c3cc(-n4c5cnccc5c5ccncc54)cc(-n4c5cnccc5c5ccncc54)c3)nc(-c3ccccc3)n2)cc1. The molecule has 0 amide bonds. The molecule has 0 saturated heterocycles. The summed E-state index contributed by atoms with van der Waals surface area (Å²) in [5.41, 5.74) is 10.4. The molecule has 0 aliphatic carbocycles. The van der Waals surface area contributed by atoms with Gasteiger partial charge in [0.15, 0.2) is 5.82 Å². The maximum Gasteiger partial charge on any atom is 0.160 e. The number of rotatable bonds is 5. The minimum Gasteiger partial charge on any atom is -0.306 e. The summed E-state index contributed by atoms with van der Waals surface area (Å²) in [6.07, 6.45) is 15.0. The van der Waals surface area contributed by atoms with Crippen molar-refractivity contribution in [2.45, 2.75) is 0 Å². The van der Waals surface area contributed by atoms with Crippen LogP contribution in [0.4, 0.5) is 0 Å². The van der Waals surface area contributed by atoms with Crippen LogP contribution >= 0.6 is 0 Å². The van der Waals surface area contributed by atoms with Crippen molar-refractivity contribution in [3.63, 3.8) is 0 Å². The molecule has 3 aromatic carbocycles. The van der Waals surface area contributed by atoms with Crippen molar-refractivity contribution in [1.82, 2.24) is 39.0 Å². The first-order valence-electron chi connectivity index (χ1n) is 16.3. The van der Waals surface area contributed by atoms with E-state index in [1.807, 2.05) is 98.1 Å². The van der Waals surface area contributed by atoms with Crippen molar-refractivity contribution in [1.29, 1.82) is 0 Å². The Balaban J connectivity index is 1.31. The first kappa shape index (κ1) is 28.0. The Bertz CT molecular complexity index is 2580. The van der Waals surface area contributed by atoms with Gasteiger partial charge in [-0.05, 0) is 48.5 Å². The number of nitrogens with zero attached hydrogens (tertiary/aromatic N) is 8. The fourth-order valence-corrected chi connectivity index (χ4v) is 7.05. The van der Waals surface area contributed by atoms with Crippen LogP contribution in [0.5, 0.6) is 0 Å². The highest BCUT2D eigenvalue weighted by molar-refractivity contribution is 6.10. The van der Waals surface area contributed by atoms with Crippen LogP contribution < -0.4 is 0 Å². The van der Waals surface area contributed by atoms with Crippen LogP contribution in [0.3, 0.4) is 0 Å². The first-order valence-corrected chi connectivity index (χ1v) is 16.3. The maximum absolute atomic E-state index is 5.21. The molecule has 50 heavy (non-hydrogen) atoms. The number of fused-ring (bicyclic) bond motifs is 6. The molecule has 0 bridgehead atoms. The predicted molar refractivity (Wildman–Crippen MR) is 198 cm³/mol. The van der Waals surface area contributed by atoms with E-state index in [2.05, 4.69) is 89.7 Å². The van der Waals surface area contributed by atoms with Crippen LogP contribution in [0.25, 0.3) is 88.9 Å². The Kier molecular flexibility index (Phi) is 6.32. The van der Waals surface area contributed by atoms with Crippen LogP contribution in [0.2, 0.25) is 0 Å². The molecule has 8 nitrogen and oxygen atoms in total. The van der Waals surface area contributed by atoms with Gasteiger partial charge in [0.05, 0.1) is 58.2 Å². The van der Waals surface area contributed by atoms with E-state index in [4.69, 9.17) is 9.97 Å². The van der Waals surface area contributed by atoms with Crippen LogP contribution in [-0.4, -0.2) is 39.0 Å². The van der Waals surface area contributed by atoms with Gasteiger partial charge in [-0.2, -0.15) is 0 Å². The molecule has 0 atom stereocenters. The average Bonchev–Trinajstić information content (AvgIpc) is 3.71. The van der Waals surface area contributed by atoms with E-state index in [0.29, 0.717) is 5.82 Å². The van der Waals surface area contributed by atoms with Crippen molar-refractivity contribution in [2.24, 2.45) is 0 Å². The number of hydrogen-bond donors (Lipinski definition) is 0. The lowest BCUT2D eigenvalue weighted by molar-refractivity contribution is 1.11. The van der Waals surface area contributed by atoms with Gasteiger partial charge in [-0.15, -0.1) is 0 Å². The van der Waals surface area contributed by atoms with E-state index in [1.165, 1.54) is 0 Å². The largest absolute Gasteiger partial charge is 0.306 e. The highest BCUT2D eigenvalue weighted by Gasteiger charge is 2.19. The normalized spacial score (nSPS) is 11.6. The summed E-state index contributed by atoms with van der Waals surface area (Å²) in [7, 11) is 0. The molecule has 8 heteroatoms. The van der Waals surface area contributed by atoms with E-state index in [-0.39, 0.29) is 0 Å². The fourth-order valence-electron chi connectivity index (χ4n) is 7.05. The minimum atomic E-state index is 0.657. The molecular formula is C42H26N8. The number of aromatic nitrogens is 8. The van der Waals surface area contributed by atoms with Crippen molar-refractivity contribution < 1.29 is 0 Å². The maximum atomic E-state index is 5.21. The molecule has 0 unspecified atom stereocenters. The lowest BCUT2D eigenvalue weighted by Gasteiger charge is -2.16. The fraction of sp³-hybridized carbons (Fsp3) is 0. The molecule has 10 aromatic rings. The Morgan fingerprint density at radius 1 is 0.360 bits per heavy atom. The Labute approximate surface area is 286 Å². The highest BCUT2D eigenvalue weighted by atomic mass is 15.0. The quantitative estimate of drug-likeness (QED) is 0.186. The number of pyridine rings is 4. The second-order valence-electron chi connectivity index (χ2n) is 12.2. The lowest BCUT2D eigenvalue weighted by atomic mass is 10.0.